The van der Waals surface area contributed by atoms with Gasteiger partial charge in [-0.05, 0) is 66.9 Å². The van der Waals surface area contributed by atoms with E-state index in [1.165, 1.54) is 6.07 Å². The molecular weight excluding hydrogens is 455 g/mol. The van der Waals surface area contributed by atoms with Crippen LogP contribution in [0.5, 0.6) is 0 Å². The number of aromatic amines is 2. The number of nitrogens with zero attached hydrogens (tertiary/aromatic N) is 2. The van der Waals surface area contributed by atoms with E-state index >= 15 is 0 Å². The second-order valence-electron chi connectivity index (χ2n) is 9.06. The van der Waals surface area contributed by atoms with Gasteiger partial charge in [0.2, 0.25) is 0 Å². The number of hydrogen-bond donors (Lipinski definition) is 4. The Balaban J connectivity index is 1.27. The Morgan fingerprint density at radius 3 is 2.86 bits per heavy atom. The van der Waals surface area contributed by atoms with Gasteiger partial charge in [-0.15, -0.1) is 0 Å². The molecule has 0 fully saturated rings. The van der Waals surface area contributed by atoms with Gasteiger partial charge in [-0.2, -0.15) is 5.10 Å². The van der Waals surface area contributed by atoms with Crippen molar-refractivity contribution >= 4 is 27.5 Å². The van der Waals surface area contributed by atoms with E-state index in [1.807, 2.05) is 25.3 Å². The van der Waals surface area contributed by atoms with Crippen molar-refractivity contribution in [2.75, 3.05) is 11.9 Å². The fourth-order valence-corrected chi connectivity index (χ4v) is 4.64. The lowest BCUT2D eigenvalue weighted by atomic mass is 9.98. The molecule has 0 amide bonds. The van der Waals surface area contributed by atoms with Crippen molar-refractivity contribution in [3.8, 4) is 22.4 Å². The number of halogens is 1. The van der Waals surface area contributed by atoms with Crippen molar-refractivity contribution in [3.63, 3.8) is 0 Å². The highest BCUT2D eigenvalue weighted by Crippen LogP contribution is 2.34. The zero-order chi connectivity index (χ0) is 24.6. The summed E-state index contributed by atoms with van der Waals surface area (Å²) in [6.07, 6.45) is 7.66. The molecule has 6 aromatic rings. The number of H-pyrrole nitrogens is 2. The van der Waals surface area contributed by atoms with Gasteiger partial charge in [0.05, 0.1) is 35.6 Å². The number of pyridine rings is 1. The maximum atomic E-state index is 13.7. The molecule has 0 saturated heterocycles. The van der Waals surface area contributed by atoms with Crippen LogP contribution >= 0.6 is 0 Å². The van der Waals surface area contributed by atoms with Crippen LogP contribution in [0.25, 0.3) is 44.2 Å². The molecule has 0 radical (unpaired) electrons. The fraction of sp³-hybridized carbons (Fsp3) is 0.143. The van der Waals surface area contributed by atoms with E-state index < -0.39 is 0 Å². The maximum Gasteiger partial charge on any atom is 0.123 e. The van der Waals surface area contributed by atoms with Gasteiger partial charge in [0.25, 0.3) is 0 Å². The standard InChI is InChI=1S/C28H25FN6O/c1-16-23-9-17(2-4-27(23)35-34-16)25-11-22(14-33-28(25)18-6-7-36-15-18)31-13-21(30)8-19-12-32-26-5-3-20(29)10-24(19)26/h2-7,9-12,14-15,21,31-32H,8,13,30H2,1H3,(H,34,35)/t21-/m0/s1. The zero-order valence-electron chi connectivity index (χ0n) is 19.7. The average molecular weight is 481 g/mol. The minimum atomic E-state index is -0.254. The number of hydrogen-bond acceptors (Lipinski definition) is 5. The first-order chi connectivity index (χ1) is 17.5. The third-order valence-electron chi connectivity index (χ3n) is 6.52. The summed E-state index contributed by atoms with van der Waals surface area (Å²) in [4.78, 5) is 7.95. The van der Waals surface area contributed by atoms with Crippen LogP contribution in [0.4, 0.5) is 10.1 Å². The highest BCUT2D eigenvalue weighted by Gasteiger charge is 2.15. The van der Waals surface area contributed by atoms with E-state index in [9.17, 15) is 4.39 Å². The monoisotopic (exact) mass is 480 g/mol. The number of aryl methyl sites for hydroxylation is 1. The summed E-state index contributed by atoms with van der Waals surface area (Å²) >= 11 is 0. The Morgan fingerprint density at radius 1 is 1.08 bits per heavy atom. The summed E-state index contributed by atoms with van der Waals surface area (Å²) in [5.74, 6) is -0.254. The molecule has 5 N–H and O–H groups in total. The lowest BCUT2D eigenvalue weighted by Crippen LogP contribution is -2.31. The molecule has 0 aliphatic carbocycles. The molecule has 0 bridgehead atoms. The first-order valence-corrected chi connectivity index (χ1v) is 11.8. The third-order valence-corrected chi connectivity index (χ3v) is 6.52. The maximum absolute atomic E-state index is 13.7. The first kappa shape index (κ1) is 22.1. The molecule has 4 heterocycles. The smallest absolute Gasteiger partial charge is 0.123 e. The number of nitrogens with two attached hydrogens (primary N) is 1. The Morgan fingerprint density at radius 2 is 2.00 bits per heavy atom. The molecule has 4 aromatic heterocycles. The molecular formula is C28H25FN6O. The van der Waals surface area contributed by atoms with Gasteiger partial charge in [0.15, 0.2) is 0 Å². The van der Waals surface area contributed by atoms with Crippen molar-refractivity contribution < 1.29 is 8.81 Å². The van der Waals surface area contributed by atoms with E-state index in [1.54, 1.807) is 30.9 Å². The van der Waals surface area contributed by atoms with Crippen molar-refractivity contribution in [3.05, 3.63) is 90.5 Å². The van der Waals surface area contributed by atoms with Crippen LogP contribution in [0.3, 0.4) is 0 Å². The van der Waals surface area contributed by atoms with Crippen LogP contribution in [-0.2, 0) is 6.42 Å². The third kappa shape index (κ3) is 4.12. The van der Waals surface area contributed by atoms with Crippen LogP contribution in [-0.4, -0.2) is 32.8 Å². The van der Waals surface area contributed by atoms with E-state index in [2.05, 4.69) is 38.7 Å². The lowest BCUT2D eigenvalue weighted by molar-refractivity contribution is 0.568. The van der Waals surface area contributed by atoms with Gasteiger partial charge in [-0.3, -0.25) is 10.1 Å². The molecule has 0 unspecified atom stereocenters. The number of benzene rings is 2. The molecule has 8 heteroatoms. The quantitative estimate of drug-likeness (QED) is 0.231. The van der Waals surface area contributed by atoms with Crippen LogP contribution in [0.1, 0.15) is 11.3 Å². The van der Waals surface area contributed by atoms with Gasteiger partial charge in [-0.1, -0.05) is 6.07 Å². The lowest BCUT2D eigenvalue weighted by Gasteiger charge is -2.15. The van der Waals surface area contributed by atoms with Crippen LogP contribution in [0.2, 0.25) is 0 Å². The molecule has 7 nitrogen and oxygen atoms in total. The van der Waals surface area contributed by atoms with Crippen molar-refractivity contribution in [2.45, 2.75) is 19.4 Å². The summed E-state index contributed by atoms with van der Waals surface area (Å²) in [5, 5.41) is 12.7. The van der Waals surface area contributed by atoms with E-state index in [4.69, 9.17) is 15.1 Å². The molecule has 0 aliphatic rings. The highest BCUT2D eigenvalue weighted by atomic mass is 19.1. The molecule has 0 spiro atoms. The number of nitrogens with one attached hydrogen (secondary N) is 3. The molecule has 0 saturated carbocycles. The minimum absolute atomic E-state index is 0.172. The van der Waals surface area contributed by atoms with Gasteiger partial charge in [0, 0.05) is 51.9 Å². The van der Waals surface area contributed by atoms with Crippen molar-refractivity contribution in [1.82, 2.24) is 20.2 Å². The number of anilines is 1. The number of fused-ring (bicyclic) bond motifs is 2. The second-order valence-corrected chi connectivity index (χ2v) is 9.06. The van der Waals surface area contributed by atoms with Gasteiger partial charge < -0.3 is 20.5 Å². The van der Waals surface area contributed by atoms with E-state index in [0.29, 0.717) is 13.0 Å². The van der Waals surface area contributed by atoms with E-state index in [-0.39, 0.29) is 11.9 Å². The average Bonchev–Trinajstić information content (AvgIpc) is 3.64. The Bertz CT molecular complexity index is 1670. The predicted molar refractivity (Wildman–Crippen MR) is 140 cm³/mol. The van der Waals surface area contributed by atoms with Crippen LogP contribution in [0, 0.1) is 12.7 Å². The molecule has 36 heavy (non-hydrogen) atoms. The first-order valence-electron chi connectivity index (χ1n) is 11.8. The molecule has 180 valence electrons. The predicted octanol–water partition coefficient (Wildman–Crippen LogP) is 5.80. The second kappa shape index (κ2) is 8.98. The van der Waals surface area contributed by atoms with Crippen LogP contribution in [0.15, 0.2) is 77.9 Å². The van der Waals surface area contributed by atoms with Gasteiger partial charge >= 0.3 is 0 Å². The van der Waals surface area contributed by atoms with Crippen molar-refractivity contribution in [2.24, 2.45) is 5.73 Å². The summed E-state index contributed by atoms with van der Waals surface area (Å²) in [7, 11) is 0. The minimum Gasteiger partial charge on any atom is -0.472 e. The Labute approximate surface area is 206 Å². The summed E-state index contributed by atoms with van der Waals surface area (Å²) in [6, 6.07) is 14.7. The fourth-order valence-electron chi connectivity index (χ4n) is 4.64. The molecule has 1 atom stereocenters. The largest absolute Gasteiger partial charge is 0.472 e. The summed E-state index contributed by atoms with van der Waals surface area (Å²) in [5.41, 5.74) is 14.9. The molecule has 6 rings (SSSR count). The summed E-state index contributed by atoms with van der Waals surface area (Å²) in [6.45, 7) is 2.55. The topological polar surface area (TPSA) is 109 Å². The van der Waals surface area contributed by atoms with E-state index in [0.717, 1.165) is 61.1 Å². The summed E-state index contributed by atoms with van der Waals surface area (Å²) < 4.78 is 19.0. The highest BCUT2D eigenvalue weighted by molar-refractivity contribution is 5.90. The number of aromatic nitrogens is 4. The number of furan rings is 1. The van der Waals surface area contributed by atoms with Gasteiger partial charge in [-0.25, -0.2) is 4.39 Å². The Kier molecular flexibility index (Phi) is 5.50. The van der Waals surface area contributed by atoms with Crippen LogP contribution < -0.4 is 11.1 Å². The zero-order valence-corrected chi connectivity index (χ0v) is 19.7. The SMILES string of the molecule is Cc1[nH]nc2ccc(-c3cc(NC[C@@H](N)Cc4c[nH]c5ccc(F)cc45)cnc3-c3ccoc3)cc12. The number of rotatable bonds is 7. The van der Waals surface area contributed by atoms with Crippen molar-refractivity contribution in [1.29, 1.82) is 0 Å². The molecule has 0 aliphatic heterocycles. The normalized spacial score (nSPS) is 12.4. The Hall–Kier alpha value is -4.43. The van der Waals surface area contributed by atoms with Gasteiger partial charge in [0.1, 0.15) is 5.82 Å². The molecule has 2 aromatic carbocycles.